The van der Waals surface area contributed by atoms with Gasteiger partial charge in [0.1, 0.15) is 12.4 Å². The van der Waals surface area contributed by atoms with Crippen LogP contribution >= 0.6 is 15.9 Å². The SMILES string of the molecule is CCN(CC)CCOc1c(Br)cccc1CCN. The van der Waals surface area contributed by atoms with Gasteiger partial charge in [0.25, 0.3) is 0 Å². The van der Waals surface area contributed by atoms with Gasteiger partial charge in [-0.1, -0.05) is 26.0 Å². The fourth-order valence-electron chi connectivity index (χ4n) is 1.88. The van der Waals surface area contributed by atoms with Crippen molar-refractivity contribution < 1.29 is 4.74 Å². The second-order valence-electron chi connectivity index (χ2n) is 4.14. The Morgan fingerprint density at radius 1 is 1.28 bits per heavy atom. The molecule has 0 bridgehead atoms. The van der Waals surface area contributed by atoms with E-state index in [0.717, 1.165) is 36.3 Å². The summed E-state index contributed by atoms with van der Waals surface area (Å²) < 4.78 is 6.92. The molecule has 1 aromatic rings. The molecule has 0 aromatic heterocycles. The Hall–Kier alpha value is -0.580. The van der Waals surface area contributed by atoms with Gasteiger partial charge in [0, 0.05) is 6.54 Å². The number of halogens is 1. The van der Waals surface area contributed by atoms with Crippen LogP contribution in [0.5, 0.6) is 5.75 Å². The zero-order valence-corrected chi connectivity index (χ0v) is 12.9. The van der Waals surface area contributed by atoms with Gasteiger partial charge in [-0.3, -0.25) is 0 Å². The van der Waals surface area contributed by atoms with E-state index in [1.807, 2.05) is 12.1 Å². The number of hydrogen-bond donors (Lipinski definition) is 1. The van der Waals surface area contributed by atoms with E-state index >= 15 is 0 Å². The van der Waals surface area contributed by atoms with Crippen LogP contribution in [-0.2, 0) is 6.42 Å². The van der Waals surface area contributed by atoms with E-state index < -0.39 is 0 Å². The van der Waals surface area contributed by atoms with E-state index in [1.54, 1.807) is 0 Å². The Balaban J connectivity index is 2.60. The summed E-state index contributed by atoms with van der Waals surface area (Å²) in [6.45, 7) is 8.77. The van der Waals surface area contributed by atoms with Gasteiger partial charge in [0.2, 0.25) is 0 Å². The summed E-state index contributed by atoms with van der Waals surface area (Å²) in [6.07, 6.45) is 0.847. The molecule has 0 aliphatic carbocycles. The van der Waals surface area contributed by atoms with E-state index in [-0.39, 0.29) is 0 Å². The minimum absolute atomic E-state index is 0.642. The summed E-state index contributed by atoms with van der Waals surface area (Å²) in [5.41, 5.74) is 6.79. The lowest BCUT2D eigenvalue weighted by atomic mass is 10.1. The van der Waals surface area contributed by atoms with E-state index in [0.29, 0.717) is 13.2 Å². The zero-order valence-electron chi connectivity index (χ0n) is 11.3. The van der Waals surface area contributed by atoms with Gasteiger partial charge >= 0.3 is 0 Å². The van der Waals surface area contributed by atoms with E-state index in [4.69, 9.17) is 10.5 Å². The highest BCUT2D eigenvalue weighted by Gasteiger charge is 2.08. The van der Waals surface area contributed by atoms with Crippen molar-refractivity contribution in [1.82, 2.24) is 4.90 Å². The fourth-order valence-corrected chi connectivity index (χ4v) is 2.41. The Bertz CT molecular complexity index is 354. The van der Waals surface area contributed by atoms with Crippen LogP contribution in [0.25, 0.3) is 0 Å². The average Bonchev–Trinajstić information content (AvgIpc) is 2.38. The summed E-state index contributed by atoms with van der Waals surface area (Å²) in [5, 5.41) is 0. The highest BCUT2D eigenvalue weighted by atomic mass is 79.9. The molecule has 2 N–H and O–H groups in total. The minimum Gasteiger partial charge on any atom is -0.491 e. The number of para-hydroxylation sites is 1. The third-order valence-electron chi connectivity index (χ3n) is 3.01. The molecule has 1 rings (SSSR count). The molecule has 1 aromatic carbocycles. The second kappa shape index (κ2) is 8.51. The van der Waals surface area contributed by atoms with Crippen molar-refractivity contribution in [1.29, 1.82) is 0 Å². The summed E-state index contributed by atoms with van der Waals surface area (Å²) in [5.74, 6) is 0.940. The number of ether oxygens (including phenoxy) is 1. The molecule has 0 fully saturated rings. The zero-order chi connectivity index (χ0) is 13.4. The monoisotopic (exact) mass is 314 g/mol. The maximum absolute atomic E-state index is 5.91. The van der Waals surface area contributed by atoms with E-state index in [1.165, 1.54) is 5.56 Å². The molecule has 0 unspecified atom stereocenters. The van der Waals surface area contributed by atoms with Crippen LogP contribution in [0.15, 0.2) is 22.7 Å². The molecule has 102 valence electrons. The Morgan fingerprint density at radius 3 is 2.61 bits per heavy atom. The van der Waals surface area contributed by atoms with Crippen LogP contribution in [0.2, 0.25) is 0 Å². The average molecular weight is 315 g/mol. The van der Waals surface area contributed by atoms with Crippen molar-refractivity contribution in [2.24, 2.45) is 5.73 Å². The standard InChI is InChI=1S/C14H23BrN2O/c1-3-17(4-2)10-11-18-14-12(8-9-16)6-5-7-13(14)15/h5-7H,3-4,8-11,16H2,1-2H3. The lowest BCUT2D eigenvalue weighted by molar-refractivity contribution is 0.221. The third-order valence-corrected chi connectivity index (χ3v) is 3.63. The molecular weight excluding hydrogens is 292 g/mol. The number of nitrogens with zero attached hydrogens (tertiary/aromatic N) is 1. The number of rotatable bonds is 8. The van der Waals surface area contributed by atoms with Gasteiger partial charge in [-0.05, 0) is 53.6 Å². The topological polar surface area (TPSA) is 38.5 Å². The minimum atomic E-state index is 0.642. The summed E-state index contributed by atoms with van der Waals surface area (Å²) >= 11 is 3.54. The van der Waals surface area contributed by atoms with Gasteiger partial charge in [-0.25, -0.2) is 0 Å². The first-order valence-corrected chi connectivity index (χ1v) is 7.34. The van der Waals surface area contributed by atoms with Crippen LogP contribution < -0.4 is 10.5 Å². The van der Waals surface area contributed by atoms with Crippen LogP contribution in [0.1, 0.15) is 19.4 Å². The van der Waals surface area contributed by atoms with E-state index in [2.05, 4.69) is 40.7 Å². The normalized spacial score (nSPS) is 10.9. The molecule has 0 saturated heterocycles. The van der Waals surface area contributed by atoms with Gasteiger partial charge in [-0.2, -0.15) is 0 Å². The predicted octanol–water partition coefficient (Wildman–Crippen LogP) is 2.67. The van der Waals surface area contributed by atoms with Crippen LogP contribution in [0.3, 0.4) is 0 Å². The van der Waals surface area contributed by atoms with Gasteiger partial charge in [0.05, 0.1) is 4.47 Å². The van der Waals surface area contributed by atoms with Gasteiger partial charge in [0.15, 0.2) is 0 Å². The number of benzene rings is 1. The number of nitrogens with two attached hydrogens (primary N) is 1. The van der Waals surface area contributed by atoms with Crippen molar-refractivity contribution in [2.45, 2.75) is 20.3 Å². The third kappa shape index (κ3) is 4.59. The second-order valence-corrected chi connectivity index (χ2v) is 5.00. The summed E-state index contributed by atoms with van der Waals surface area (Å²) in [7, 11) is 0. The van der Waals surface area contributed by atoms with Crippen molar-refractivity contribution in [3.63, 3.8) is 0 Å². The highest BCUT2D eigenvalue weighted by molar-refractivity contribution is 9.10. The number of likely N-dealkylation sites (N-methyl/N-ethyl adjacent to an activating group) is 1. The molecule has 0 spiro atoms. The Morgan fingerprint density at radius 2 is 2.00 bits per heavy atom. The molecule has 0 amide bonds. The molecule has 0 heterocycles. The molecule has 4 heteroatoms. The first-order valence-electron chi connectivity index (χ1n) is 6.55. The molecule has 3 nitrogen and oxygen atoms in total. The quantitative estimate of drug-likeness (QED) is 0.801. The van der Waals surface area contributed by atoms with Crippen LogP contribution in [0.4, 0.5) is 0 Å². The summed E-state index contributed by atoms with van der Waals surface area (Å²) in [4.78, 5) is 2.35. The smallest absolute Gasteiger partial charge is 0.136 e. The van der Waals surface area contributed by atoms with Crippen molar-refractivity contribution in [3.8, 4) is 5.75 Å². The lowest BCUT2D eigenvalue weighted by Gasteiger charge is -2.19. The largest absolute Gasteiger partial charge is 0.491 e. The van der Waals surface area contributed by atoms with Gasteiger partial charge in [-0.15, -0.1) is 0 Å². The summed E-state index contributed by atoms with van der Waals surface area (Å²) in [6, 6.07) is 6.10. The molecule has 0 aliphatic heterocycles. The Labute approximate surface area is 118 Å². The molecule has 18 heavy (non-hydrogen) atoms. The fraction of sp³-hybridized carbons (Fsp3) is 0.571. The molecule has 0 atom stereocenters. The lowest BCUT2D eigenvalue weighted by Crippen LogP contribution is -2.28. The van der Waals surface area contributed by atoms with Crippen molar-refractivity contribution >= 4 is 15.9 Å². The molecule has 0 saturated carbocycles. The van der Waals surface area contributed by atoms with E-state index in [9.17, 15) is 0 Å². The van der Waals surface area contributed by atoms with Crippen molar-refractivity contribution in [2.75, 3.05) is 32.8 Å². The molecule has 0 aliphatic rings. The Kier molecular flexibility index (Phi) is 7.32. The first-order chi connectivity index (χ1) is 8.72. The number of hydrogen-bond acceptors (Lipinski definition) is 3. The molecule has 0 radical (unpaired) electrons. The van der Waals surface area contributed by atoms with Crippen molar-refractivity contribution in [3.05, 3.63) is 28.2 Å². The first kappa shape index (κ1) is 15.5. The van der Waals surface area contributed by atoms with Gasteiger partial charge < -0.3 is 15.4 Å². The highest BCUT2D eigenvalue weighted by Crippen LogP contribution is 2.29. The maximum Gasteiger partial charge on any atom is 0.136 e. The van der Waals surface area contributed by atoms with Crippen LogP contribution in [0, 0.1) is 0 Å². The van der Waals surface area contributed by atoms with Crippen LogP contribution in [-0.4, -0.2) is 37.7 Å². The predicted molar refractivity (Wildman–Crippen MR) is 80.2 cm³/mol. The maximum atomic E-state index is 5.91. The molecular formula is C14H23BrN2O.